The average Bonchev–Trinajstić information content (AvgIpc) is 2.52. The highest BCUT2D eigenvalue weighted by molar-refractivity contribution is 6.31. The van der Waals surface area contributed by atoms with Crippen LogP contribution >= 0.6 is 11.6 Å². The fourth-order valence-corrected chi connectivity index (χ4v) is 2.76. The lowest BCUT2D eigenvalue weighted by molar-refractivity contribution is -0.121. The molecule has 0 aromatic heterocycles. The second kappa shape index (κ2) is 10.2. The van der Waals surface area contributed by atoms with Gasteiger partial charge in [-0.05, 0) is 24.7 Å². The van der Waals surface area contributed by atoms with Crippen molar-refractivity contribution in [2.45, 2.75) is 33.2 Å². The molecule has 1 aromatic carbocycles. The highest BCUT2D eigenvalue weighted by Crippen LogP contribution is 2.26. The first kappa shape index (κ1) is 19.5. The number of rotatable bonds is 9. The summed E-state index contributed by atoms with van der Waals surface area (Å²) in [5.41, 5.74) is 1.01. The molecule has 0 aliphatic heterocycles. The summed E-state index contributed by atoms with van der Waals surface area (Å²) in [6, 6.07) is 7.75. The summed E-state index contributed by atoms with van der Waals surface area (Å²) in [5, 5.41) is 6.26. The Balaban J connectivity index is 2.69. The highest BCUT2D eigenvalue weighted by Gasteiger charge is 2.20. The molecule has 1 aromatic rings. The molecular weight excluding hydrogens is 314 g/mol. The van der Waals surface area contributed by atoms with Gasteiger partial charge in [0.05, 0.1) is 6.04 Å². The molecule has 0 saturated heterocycles. The van der Waals surface area contributed by atoms with Crippen molar-refractivity contribution < 1.29 is 9.59 Å². The first-order valence-electron chi connectivity index (χ1n) is 7.99. The van der Waals surface area contributed by atoms with Gasteiger partial charge in [0.1, 0.15) is 0 Å². The molecule has 1 rings (SSSR count). The summed E-state index contributed by atoms with van der Waals surface area (Å²) >= 11 is 6.32. The van der Waals surface area contributed by atoms with Crippen LogP contribution in [0.3, 0.4) is 0 Å². The molecule has 2 amide bonds. The van der Waals surface area contributed by atoms with E-state index < -0.39 is 0 Å². The quantitative estimate of drug-likeness (QED) is 0.726. The third kappa shape index (κ3) is 6.59. The SMILES string of the molecule is CCN(CC)C(CNC(=O)CCNC(C)=O)c1ccccc1Cl. The lowest BCUT2D eigenvalue weighted by Gasteiger charge is -2.31. The lowest BCUT2D eigenvalue weighted by Crippen LogP contribution is -2.39. The van der Waals surface area contributed by atoms with E-state index in [-0.39, 0.29) is 24.3 Å². The van der Waals surface area contributed by atoms with E-state index in [9.17, 15) is 9.59 Å². The molecule has 0 spiro atoms. The minimum absolute atomic E-state index is 0.0309. The smallest absolute Gasteiger partial charge is 0.221 e. The van der Waals surface area contributed by atoms with Crippen LogP contribution in [0.5, 0.6) is 0 Å². The zero-order valence-corrected chi connectivity index (χ0v) is 14.8. The topological polar surface area (TPSA) is 61.4 Å². The minimum Gasteiger partial charge on any atom is -0.356 e. The molecule has 0 radical (unpaired) electrons. The van der Waals surface area contributed by atoms with Crippen LogP contribution in [0.15, 0.2) is 24.3 Å². The van der Waals surface area contributed by atoms with Gasteiger partial charge in [0, 0.05) is 31.5 Å². The molecule has 128 valence electrons. The van der Waals surface area contributed by atoms with Crippen LogP contribution in [0, 0.1) is 0 Å². The molecule has 0 bridgehead atoms. The Morgan fingerprint density at radius 2 is 1.83 bits per heavy atom. The van der Waals surface area contributed by atoms with Gasteiger partial charge in [0.15, 0.2) is 0 Å². The molecule has 1 atom stereocenters. The Labute approximate surface area is 143 Å². The third-order valence-corrected chi connectivity index (χ3v) is 4.08. The molecule has 0 aliphatic rings. The van der Waals surface area contributed by atoms with Gasteiger partial charge < -0.3 is 10.6 Å². The van der Waals surface area contributed by atoms with Gasteiger partial charge in [-0.1, -0.05) is 43.6 Å². The molecule has 1 unspecified atom stereocenters. The maximum absolute atomic E-state index is 11.9. The number of carbonyl (C=O) groups is 2. The highest BCUT2D eigenvalue weighted by atomic mass is 35.5. The van der Waals surface area contributed by atoms with Crippen molar-refractivity contribution in [3.8, 4) is 0 Å². The molecule has 6 heteroatoms. The van der Waals surface area contributed by atoms with Crippen LogP contribution in [0.1, 0.15) is 38.8 Å². The summed E-state index contributed by atoms with van der Waals surface area (Å²) in [4.78, 5) is 25.0. The number of nitrogens with one attached hydrogen (secondary N) is 2. The Hall–Kier alpha value is -1.59. The van der Waals surface area contributed by atoms with Gasteiger partial charge in [-0.2, -0.15) is 0 Å². The van der Waals surface area contributed by atoms with Crippen molar-refractivity contribution in [3.05, 3.63) is 34.9 Å². The Kier molecular flexibility index (Phi) is 8.66. The second-order valence-corrected chi connectivity index (χ2v) is 5.70. The molecule has 0 aliphatic carbocycles. The third-order valence-electron chi connectivity index (χ3n) is 3.74. The van der Waals surface area contributed by atoms with Gasteiger partial charge in [-0.3, -0.25) is 14.5 Å². The first-order chi connectivity index (χ1) is 11.0. The van der Waals surface area contributed by atoms with Gasteiger partial charge in [-0.25, -0.2) is 0 Å². The van der Waals surface area contributed by atoms with E-state index >= 15 is 0 Å². The largest absolute Gasteiger partial charge is 0.356 e. The first-order valence-corrected chi connectivity index (χ1v) is 8.36. The van der Waals surface area contributed by atoms with Crippen molar-refractivity contribution in [2.75, 3.05) is 26.2 Å². The van der Waals surface area contributed by atoms with Crippen LogP contribution in [0.4, 0.5) is 0 Å². The Morgan fingerprint density at radius 1 is 1.17 bits per heavy atom. The van der Waals surface area contributed by atoms with Crippen molar-refractivity contribution in [1.29, 1.82) is 0 Å². The molecule has 5 nitrogen and oxygen atoms in total. The van der Waals surface area contributed by atoms with E-state index in [1.165, 1.54) is 6.92 Å². The predicted molar refractivity (Wildman–Crippen MR) is 93.4 cm³/mol. The molecule has 2 N–H and O–H groups in total. The van der Waals surface area contributed by atoms with Crippen molar-refractivity contribution in [1.82, 2.24) is 15.5 Å². The van der Waals surface area contributed by atoms with Gasteiger partial charge in [-0.15, -0.1) is 0 Å². The minimum atomic E-state index is -0.130. The fraction of sp³-hybridized carbons (Fsp3) is 0.529. The van der Waals surface area contributed by atoms with Crippen LogP contribution < -0.4 is 10.6 Å². The van der Waals surface area contributed by atoms with E-state index in [1.54, 1.807) is 0 Å². The van der Waals surface area contributed by atoms with Gasteiger partial charge >= 0.3 is 0 Å². The molecule has 0 fully saturated rings. The van der Waals surface area contributed by atoms with E-state index in [0.717, 1.165) is 18.7 Å². The number of carbonyl (C=O) groups excluding carboxylic acids is 2. The van der Waals surface area contributed by atoms with E-state index in [0.29, 0.717) is 18.1 Å². The van der Waals surface area contributed by atoms with Crippen LogP contribution in [-0.2, 0) is 9.59 Å². The van der Waals surface area contributed by atoms with E-state index in [2.05, 4.69) is 29.4 Å². The maximum atomic E-state index is 11.9. The van der Waals surface area contributed by atoms with E-state index in [4.69, 9.17) is 11.6 Å². The van der Waals surface area contributed by atoms with E-state index in [1.807, 2.05) is 24.3 Å². The number of hydrogen-bond acceptors (Lipinski definition) is 3. The number of hydrogen-bond donors (Lipinski definition) is 2. The summed E-state index contributed by atoms with van der Waals surface area (Å²) in [6.45, 7) is 8.19. The van der Waals surface area contributed by atoms with Crippen LogP contribution in [-0.4, -0.2) is 42.9 Å². The van der Waals surface area contributed by atoms with Crippen molar-refractivity contribution in [2.24, 2.45) is 0 Å². The molecular formula is C17H26ClN3O2. The monoisotopic (exact) mass is 339 g/mol. The summed E-state index contributed by atoms with van der Waals surface area (Å²) in [6.07, 6.45) is 0.271. The second-order valence-electron chi connectivity index (χ2n) is 5.30. The van der Waals surface area contributed by atoms with Crippen molar-refractivity contribution >= 4 is 23.4 Å². The standard InChI is InChI=1S/C17H26ClN3O2/c1-4-21(5-2)16(14-8-6-7-9-15(14)18)12-20-17(23)10-11-19-13(3)22/h6-9,16H,4-5,10-12H2,1-3H3,(H,19,22)(H,20,23). The Morgan fingerprint density at radius 3 is 2.39 bits per heavy atom. The predicted octanol–water partition coefficient (Wildman–Crippen LogP) is 2.37. The normalized spacial score (nSPS) is 12.0. The molecule has 0 heterocycles. The maximum Gasteiger partial charge on any atom is 0.221 e. The lowest BCUT2D eigenvalue weighted by atomic mass is 10.0. The van der Waals surface area contributed by atoms with Crippen LogP contribution in [0.2, 0.25) is 5.02 Å². The number of amides is 2. The summed E-state index contributed by atoms with van der Waals surface area (Å²) < 4.78 is 0. The zero-order chi connectivity index (χ0) is 17.2. The number of nitrogens with zero attached hydrogens (tertiary/aromatic N) is 1. The summed E-state index contributed by atoms with van der Waals surface area (Å²) in [5.74, 6) is -0.210. The molecule has 23 heavy (non-hydrogen) atoms. The van der Waals surface area contributed by atoms with Gasteiger partial charge in [0.25, 0.3) is 0 Å². The number of benzene rings is 1. The fourth-order valence-electron chi connectivity index (χ4n) is 2.50. The average molecular weight is 340 g/mol. The van der Waals surface area contributed by atoms with Crippen molar-refractivity contribution in [3.63, 3.8) is 0 Å². The Bertz CT molecular complexity index is 518. The van der Waals surface area contributed by atoms with Gasteiger partial charge in [0.2, 0.25) is 11.8 Å². The zero-order valence-electron chi connectivity index (χ0n) is 14.1. The summed E-state index contributed by atoms with van der Waals surface area (Å²) in [7, 11) is 0. The number of likely N-dealkylation sites (N-methyl/N-ethyl adjacent to an activating group) is 1. The number of halogens is 1. The van der Waals surface area contributed by atoms with Crippen LogP contribution in [0.25, 0.3) is 0 Å². The molecule has 0 saturated carbocycles.